The molecule has 2 N–H and O–H groups in total. The maximum atomic E-state index is 11.1. The number of benzene rings is 1. The molecule has 2 rings (SSSR count). The molecule has 0 aliphatic heterocycles. The molecule has 4 heteroatoms. The van der Waals surface area contributed by atoms with Crippen LogP contribution in [0, 0.1) is 20.8 Å². The van der Waals surface area contributed by atoms with Gasteiger partial charge in [-0.25, -0.2) is 4.79 Å². The molecule has 0 fully saturated rings. The Bertz CT molecular complexity index is 641. The van der Waals surface area contributed by atoms with E-state index in [0.29, 0.717) is 11.3 Å². The molecule has 100 valence electrons. The number of methoxy groups -OCH3 is 1. The molecule has 0 amide bonds. The van der Waals surface area contributed by atoms with Crippen molar-refractivity contribution in [1.82, 2.24) is 4.98 Å². The van der Waals surface area contributed by atoms with Crippen LogP contribution in [0.3, 0.4) is 0 Å². The molecule has 1 aromatic carbocycles. The van der Waals surface area contributed by atoms with Gasteiger partial charge in [-0.2, -0.15) is 0 Å². The van der Waals surface area contributed by atoms with Crippen LogP contribution in [0.1, 0.15) is 27.2 Å². The first-order chi connectivity index (χ1) is 8.93. The summed E-state index contributed by atoms with van der Waals surface area (Å²) in [5.41, 5.74) is 4.85. The number of hydrogen-bond donors (Lipinski definition) is 2. The molecule has 0 unspecified atom stereocenters. The predicted octanol–water partition coefficient (Wildman–Crippen LogP) is 3.31. The van der Waals surface area contributed by atoms with Crippen LogP contribution >= 0.6 is 0 Å². The lowest BCUT2D eigenvalue weighted by atomic mass is 10.0. The third kappa shape index (κ3) is 2.34. The largest absolute Gasteiger partial charge is 0.496 e. The Hall–Kier alpha value is -2.23. The van der Waals surface area contributed by atoms with Crippen molar-refractivity contribution in [2.75, 3.05) is 7.11 Å². The molecular formula is C15H17NO3. The molecule has 2 aromatic rings. The first kappa shape index (κ1) is 13.2. The summed E-state index contributed by atoms with van der Waals surface area (Å²) in [6.45, 7) is 5.71. The second-order valence-corrected chi connectivity index (χ2v) is 4.66. The Balaban J connectivity index is 2.56. The maximum absolute atomic E-state index is 11.1. The average Bonchev–Trinajstić information content (AvgIpc) is 2.73. The summed E-state index contributed by atoms with van der Waals surface area (Å²) in [6.07, 6.45) is 0. The molecule has 4 nitrogen and oxygen atoms in total. The van der Waals surface area contributed by atoms with Crippen molar-refractivity contribution in [1.29, 1.82) is 0 Å². The smallest absolute Gasteiger partial charge is 0.337 e. The molecule has 0 atom stereocenters. The maximum Gasteiger partial charge on any atom is 0.337 e. The van der Waals surface area contributed by atoms with E-state index in [0.717, 1.165) is 28.1 Å². The minimum atomic E-state index is -0.914. The number of aryl methyl sites for hydroxylation is 3. The van der Waals surface area contributed by atoms with Crippen molar-refractivity contribution in [3.8, 4) is 17.0 Å². The summed E-state index contributed by atoms with van der Waals surface area (Å²) in [5.74, 6) is -0.0779. The molecule has 0 saturated heterocycles. The molecule has 1 heterocycles. The van der Waals surface area contributed by atoms with Crippen molar-refractivity contribution in [3.05, 3.63) is 40.6 Å². The van der Waals surface area contributed by atoms with Crippen LogP contribution in [0.25, 0.3) is 11.3 Å². The van der Waals surface area contributed by atoms with Gasteiger partial charge in [0.15, 0.2) is 0 Å². The number of aromatic carboxylic acids is 1. The van der Waals surface area contributed by atoms with Crippen molar-refractivity contribution in [3.63, 3.8) is 0 Å². The van der Waals surface area contributed by atoms with Gasteiger partial charge in [-0.3, -0.25) is 0 Å². The minimum absolute atomic E-state index is 0.308. The lowest BCUT2D eigenvalue weighted by Gasteiger charge is -2.10. The summed E-state index contributed by atoms with van der Waals surface area (Å²) >= 11 is 0. The molecular weight excluding hydrogens is 242 g/mol. The van der Waals surface area contributed by atoms with E-state index in [2.05, 4.69) is 4.98 Å². The molecule has 19 heavy (non-hydrogen) atoms. The Morgan fingerprint density at radius 2 is 1.84 bits per heavy atom. The van der Waals surface area contributed by atoms with E-state index in [-0.39, 0.29) is 0 Å². The number of aromatic nitrogens is 1. The van der Waals surface area contributed by atoms with Gasteiger partial charge in [0, 0.05) is 17.0 Å². The van der Waals surface area contributed by atoms with E-state index in [1.165, 1.54) is 0 Å². The highest BCUT2D eigenvalue weighted by atomic mass is 16.5. The van der Waals surface area contributed by atoms with Crippen molar-refractivity contribution in [2.45, 2.75) is 20.8 Å². The van der Waals surface area contributed by atoms with Gasteiger partial charge < -0.3 is 14.8 Å². The van der Waals surface area contributed by atoms with Crippen molar-refractivity contribution >= 4 is 5.97 Å². The van der Waals surface area contributed by atoms with Crippen LogP contribution in [0.4, 0.5) is 0 Å². The molecule has 1 aromatic heterocycles. The van der Waals surface area contributed by atoms with Crippen LogP contribution in [0.5, 0.6) is 5.75 Å². The monoisotopic (exact) mass is 259 g/mol. The van der Waals surface area contributed by atoms with E-state index in [1.807, 2.05) is 26.0 Å². The molecule has 0 radical (unpaired) electrons. The topological polar surface area (TPSA) is 62.3 Å². The number of H-pyrrole nitrogens is 1. The third-order valence-electron chi connectivity index (χ3n) is 3.28. The first-order valence-electron chi connectivity index (χ1n) is 6.02. The number of ether oxygens (including phenoxy) is 1. The molecule has 0 saturated carbocycles. The zero-order valence-corrected chi connectivity index (χ0v) is 11.5. The number of carbonyl (C=O) groups is 1. The molecule has 0 spiro atoms. The van der Waals surface area contributed by atoms with Gasteiger partial charge >= 0.3 is 5.97 Å². The number of aromatic amines is 1. The molecule has 0 aliphatic rings. The minimum Gasteiger partial charge on any atom is -0.496 e. The Morgan fingerprint density at radius 1 is 1.16 bits per heavy atom. The fraction of sp³-hybridized carbons (Fsp3) is 0.267. The average molecular weight is 259 g/mol. The zero-order valence-electron chi connectivity index (χ0n) is 11.5. The lowest BCUT2D eigenvalue weighted by Crippen LogP contribution is -1.95. The number of carboxylic acids is 1. The van der Waals surface area contributed by atoms with Gasteiger partial charge in [-0.15, -0.1) is 0 Å². The van der Waals surface area contributed by atoms with Crippen LogP contribution in [-0.4, -0.2) is 23.2 Å². The van der Waals surface area contributed by atoms with Gasteiger partial charge in [0.2, 0.25) is 0 Å². The third-order valence-corrected chi connectivity index (χ3v) is 3.28. The van der Waals surface area contributed by atoms with Crippen molar-refractivity contribution in [2.24, 2.45) is 0 Å². The lowest BCUT2D eigenvalue weighted by molar-refractivity contribution is 0.0696. The quantitative estimate of drug-likeness (QED) is 0.888. The number of carboxylic acid groups (broad SMARTS) is 1. The fourth-order valence-corrected chi connectivity index (χ4v) is 2.23. The van der Waals surface area contributed by atoms with E-state index in [9.17, 15) is 4.79 Å². The normalized spacial score (nSPS) is 10.5. The second kappa shape index (κ2) is 4.80. The van der Waals surface area contributed by atoms with Crippen molar-refractivity contribution < 1.29 is 14.6 Å². The Morgan fingerprint density at radius 3 is 2.37 bits per heavy atom. The summed E-state index contributed by atoms with van der Waals surface area (Å²) in [5, 5.41) is 9.09. The van der Waals surface area contributed by atoms with E-state index >= 15 is 0 Å². The Labute approximate surface area is 112 Å². The van der Waals surface area contributed by atoms with Crippen LogP contribution in [0.15, 0.2) is 18.2 Å². The van der Waals surface area contributed by atoms with Crippen LogP contribution in [0.2, 0.25) is 0 Å². The number of rotatable bonds is 3. The van der Waals surface area contributed by atoms with Gasteiger partial charge in [0.1, 0.15) is 5.75 Å². The SMILES string of the molecule is COc1cc(C)c(-c2cc(C(=O)O)c(C)[nH]2)cc1C. The van der Waals surface area contributed by atoms with E-state index < -0.39 is 5.97 Å². The van der Waals surface area contributed by atoms with Gasteiger partial charge in [-0.05, 0) is 50.1 Å². The van der Waals surface area contributed by atoms with Crippen LogP contribution < -0.4 is 4.74 Å². The molecule has 0 aliphatic carbocycles. The van der Waals surface area contributed by atoms with Gasteiger partial charge in [-0.1, -0.05) is 0 Å². The zero-order chi connectivity index (χ0) is 14.2. The van der Waals surface area contributed by atoms with Gasteiger partial charge in [0.05, 0.1) is 12.7 Å². The summed E-state index contributed by atoms with van der Waals surface area (Å²) in [4.78, 5) is 14.2. The summed E-state index contributed by atoms with van der Waals surface area (Å²) in [6, 6.07) is 5.64. The highest BCUT2D eigenvalue weighted by Gasteiger charge is 2.14. The van der Waals surface area contributed by atoms with E-state index in [1.54, 1.807) is 20.1 Å². The highest BCUT2D eigenvalue weighted by Crippen LogP contribution is 2.30. The fourth-order valence-electron chi connectivity index (χ4n) is 2.23. The first-order valence-corrected chi connectivity index (χ1v) is 6.02. The standard InChI is InChI=1S/C15H17NO3/c1-8-6-14(19-4)9(2)5-11(8)13-7-12(15(17)18)10(3)16-13/h5-7,16H,1-4H3,(H,17,18). The van der Waals surface area contributed by atoms with E-state index in [4.69, 9.17) is 9.84 Å². The summed E-state index contributed by atoms with van der Waals surface area (Å²) < 4.78 is 5.28. The number of nitrogens with one attached hydrogen (secondary N) is 1. The second-order valence-electron chi connectivity index (χ2n) is 4.66. The summed E-state index contributed by atoms with van der Waals surface area (Å²) in [7, 11) is 1.64. The predicted molar refractivity (Wildman–Crippen MR) is 74.0 cm³/mol. The van der Waals surface area contributed by atoms with Crippen LogP contribution in [-0.2, 0) is 0 Å². The number of hydrogen-bond acceptors (Lipinski definition) is 2. The van der Waals surface area contributed by atoms with Gasteiger partial charge in [0.25, 0.3) is 0 Å². The Kier molecular flexibility index (Phi) is 3.34. The molecule has 0 bridgehead atoms. The highest BCUT2D eigenvalue weighted by molar-refractivity contribution is 5.91.